The maximum Gasteiger partial charge on any atom is 0.503 e. The van der Waals surface area contributed by atoms with Gasteiger partial charge in [0.2, 0.25) is 0 Å². The highest BCUT2D eigenvalue weighted by Gasteiger charge is 2.56. The molecule has 0 spiro atoms. The van der Waals surface area contributed by atoms with Crippen LogP contribution in [0.15, 0.2) is 10.9 Å². The SMILES string of the molecule is CCCCC#C/C(B1OC(C)(C)C(C)(C)O1)=C(\CCCC)B1OC(C)(C)C(C)(C)O1. The second-order valence-corrected chi connectivity index (χ2v) is 10.6. The van der Waals surface area contributed by atoms with Crippen molar-refractivity contribution in [3.05, 3.63) is 10.9 Å². The summed E-state index contributed by atoms with van der Waals surface area (Å²) < 4.78 is 25.7. The molecule has 2 aliphatic rings. The van der Waals surface area contributed by atoms with E-state index in [2.05, 4.69) is 81.1 Å². The first kappa shape index (κ1) is 25.5. The molecule has 2 aliphatic heterocycles. The minimum absolute atomic E-state index is 0.397. The van der Waals surface area contributed by atoms with Crippen LogP contribution >= 0.6 is 0 Å². The number of allylic oxidation sites excluding steroid dienone is 2. The van der Waals surface area contributed by atoms with Gasteiger partial charge < -0.3 is 18.6 Å². The van der Waals surface area contributed by atoms with Crippen molar-refractivity contribution in [3.63, 3.8) is 0 Å². The highest BCUT2D eigenvalue weighted by atomic mass is 16.7. The van der Waals surface area contributed by atoms with Crippen molar-refractivity contribution in [1.29, 1.82) is 0 Å². The van der Waals surface area contributed by atoms with Gasteiger partial charge in [-0.2, -0.15) is 0 Å². The van der Waals surface area contributed by atoms with Gasteiger partial charge in [-0.25, -0.2) is 0 Å². The first-order valence-corrected chi connectivity index (χ1v) is 11.7. The van der Waals surface area contributed by atoms with E-state index in [4.69, 9.17) is 18.6 Å². The maximum absolute atomic E-state index is 6.44. The highest BCUT2D eigenvalue weighted by Crippen LogP contribution is 2.43. The van der Waals surface area contributed by atoms with Crippen LogP contribution in [-0.2, 0) is 18.6 Å². The molecule has 0 aliphatic carbocycles. The van der Waals surface area contributed by atoms with E-state index in [-0.39, 0.29) is 0 Å². The molecular formula is C24H42B2O4. The Morgan fingerprint density at radius 2 is 1.10 bits per heavy atom. The van der Waals surface area contributed by atoms with Crippen LogP contribution in [0.25, 0.3) is 0 Å². The van der Waals surface area contributed by atoms with E-state index in [1.807, 2.05) is 0 Å². The van der Waals surface area contributed by atoms with Crippen molar-refractivity contribution in [1.82, 2.24) is 0 Å². The topological polar surface area (TPSA) is 36.9 Å². The van der Waals surface area contributed by atoms with Crippen LogP contribution in [0.5, 0.6) is 0 Å². The predicted molar refractivity (Wildman–Crippen MR) is 126 cm³/mol. The van der Waals surface area contributed by atoms with Crippen LogP contribution in [0.4, 0.5) is 0 Å². The number of rotatable bonds is 7. The van der Waals surface area contributed by atoms with Crippen molar-refractivity contribution in [2.75, 3.05) is 0 Å². The molecular weight excluding hydrogens is 374 g/mol. The van der Waals surface area contributed by atoms with Crippen molar-refractivity contribution in [3.8, 4) is 11.8 Å². The largest absolute Gasteiger partial charge is 0.503 e. The van der Waals surface area contributed by atoms with Crippen LogP contribution < -0.4 is 0 Å². The van der Waals surface area contributed by atoms with Gasteiger partial charge in [-0.05, 0) is 73.7 Å². The zero-order valence-electron chi connectivity index (χ0n) is 21.0. The second kappa shape index (κ2) is 9.41. The van der Waals surface area contributed by atoms with Crippen LogP contribution in [0, 0.1) is 11.8 Å². The molecule has 0 aromatic carbocycles. The molecule has 0 aromatic heterocycles. The Labute approximate surface area is 186 Å². The van der Waals surface area contributed by atoms with Crippen LogP contribution in [0.3, 0.4) is 0 Å². The van der Waals surface area contributed by atoms with Gasteiger partial charge in [0, 0.05) is 11.9 Å². The van der Waals surface area contributed by atoms with E-state index in [9.17, 15) is 0 Å². The van der Waals surface area contributed by atoms with E-state index < -0.39 is 36.6 Å². The summed E-state index contributed by atoms with van der Waals surface area (Å²) in [5, 5.41) is 0. The van der Waals surface area contributed by atoms with Gasteiger partial charge in [0.1, 0.15) is 0 Å². The zero-order valence-corrected chi connectivity index (χ0v) is 21.0. The fourth-order valence-corrected chi connectivity index (χ4v) is 3.41. The van der Waals surface area contributed by atoms with Crippen molar-refractivity contribution in [2.24, 2.45) is 0 Å². The Bertz CT molecular complexity index is 666. The smallest absolute Gasteiger partial charge is 0.400 e. The fourth-order valence-electron chi connectivity index (χ4n) is 3.41. The molecule has 6 heteroatoms. The van der Waals surface area contributed by atoms with Crippen molar-refractivity contribution in [2.45, 2.75) is 130 Å². The van der Waals surface area contributed by atoms with E-state index in [1.54, 1.807) is 0 Å². The predicted octanol–water partition coefficient (Wildman–Crippen LogP) is 5.93. The Morgan fingerprint density at radius 1 is 0.667 bits per heavy atom. The molecule has 2 fully saturated rings. The molecule has 4 nitrogen and oxygen atoms in total. The molecule has 0 atom stereocenters. The molecule has 0 aromatic rings. The lowest BCUT2D eigenvalue weighted by Crippen LogP contribution is -2.41. The molecule has 2 saturated heterocycles. The van der Waals surface area contributed by atoms with Gasteiger partial charge in [0.05, 0.1) is 22.4 Å². The van der Waals surface area contributed by atoms with E-state index in [0.717, 1.165) is 49.5 Å². The lowest BCUT2D eigenvalue weighted by Gasteiger charge is -2.32. The van der Waals surface area contributed by atoms with Gasteiger partial charge in [0.25, 0.3) is 0 Å². The first-order valence-electron chi connectivity index (χ1n) is 11.7. The summed E-state index contributed by atoms with van der Waals surface area (Å²) in [6, 6.07) is 0. The summed E-state index contributed by atoms with van der Waals surface area (Å²) >= 11 is 0. The van der Waals surface area contributed by atoms with Crippen LogP contribution in [0.2, 0.25) is 0 Å². The summed E-state index contributed by atoms with van der Waals surface area (Å²) in [6.45, 7) is 21.1. The average molecular weight is 416 g/mol. The summed E-state index contributed by atoms with van der Waals surface area (Å²) in [5.74, 6) is 6.79. The fraction of sp³-hybridized carbons (Fsp3) is 0.833. The molecule has 0 radical (unpaired) electrons. The Hall–Kier alpha value is -0.730. The van der Waals surface area contributed by atoms with Crippen LogP contribution in [0.1, 0.15) is 108 Å². The molecule has 0 unspecified atom stereocenters. The standard InChI is InChI=1S/C24H42B2O4/c1-11-13-15-16-18-20(26-29-23(7,8)24(9,10)30-26)19(17-14-12-2)25-27-21(3,4)22(5,6)28-25/h11-15,17H2,1-10H3/b20-19-. The Balaban J connectivity index is 2.51. The summed E-state index contributed by atoms with van der Waals surface area (Å²) in [6.07, 6.45) is 6.07. The van der Waals surface area contributed by atoms with Gasteiger partial charge in [-0.1, -0.05) is 45.0 Å². The second-order valence-electron chi connectivity index (χ2n) is 10.6. The first-order chi connectivity index (χ1) is 13.8. The third-order valence-electron chi connectivity index (χ3n) is 7.05. The minimum atomic E-state index is -0.505. The van der Waals surface area contributed by atoms with Gasteiger partial charge in [-0.15, -0.1) is 0 Å². The lowest BCUT2D eigenvalue weighted by atomic mass is 9.63. The molecule has 0 amide bonds. The minimum Gasteiger partial charge on any atom is -0.400 e. The zero-order chi connectivity index (χ0) is 22.8. The number of unbranched alkanes of at least 4 members (excludes halogenated alkanes) is 3. The monoisotopic (exact) mass is 416 g/mol. The van der Waals surface area contributed by atoms with E-state index >= 15 is 0 Å². The van der Waals surface area contributed by atoms with Crippen molar-refractivity contribution < 1.29 is 18.6 Å². The molecule has 30 heavy (non-hydrogen) atoms. The Kier molecular flexibility index (Phi) is 8.01. The van der Waals surface area contributed by atoms with E-state index in [1.165, 1.54) is 0 Å². The third-order valence-corrected chi connectivity index (χ3v) is 7.05. The van der Waals surface area contributed by atoms with Gasteiger partial charge in [0.15, 0.2) is 0 Å². The Morgan fingerprint density at radius 3 is 1.53 bits per heavy atom. The average Bonchev–Trinajstić information content (AvgIpc) is 2.96. The van der Waals surface area contributed by atoms with Crippen LogP contribution in [-0.4, -0.2) is 36.6 Å². The normalized spacial score (nSPS) is 24.5. The maximum atomic E-state index is 6.44. The highest BCUT2D eigenvalue weighted by molar-refractivity contribution is 6.63. The molecule has 0 bridgehead atoms. The third kappa shape index (κ3) is 5.36. The molecule has 0 saturated carbocycles. The van der Waals surface area contributed by atoms with Gasteiger partial charge in [-0.3, -0.25) is 0 Å². The molecule has 2 rings (SSSR count). The van der Waals surface area contributed by atoms with Crippen molar-refractivity contribution >= 4 is 14.2 Å². The summed E-state index contributed by atoms with van der Waals surface area (Å²) in [7, 11) is -0.939. The molecule has 168 valence electrons. The molecule has 2 heterocycles. The summed E-state index contributed by atoms with van der Waals surface area (Å²) in [4.78, 5) is 0. The number of hydrogen-bond acceptors (Lipinski definition) is 4. The molecule has 0 N–H and O–H groups in total. The number of hydrogen-bond donors (Lipinski definition) is 0. The summed E-state index contributed by atoms with van der Waals surface area (Å²) in [5.41, 5.74) is 0.326. The quantitative estimate of drug-likeness (QED) is 0.293. The lowest BCUT2D eigenvalue weighted by molar-refractivity contribution is 0.00578. The van der Waals surface area contributed by atoms with Gasteiger partial charge >= 0.3 is 14.2 Å². The van der Waals surface area contributed by atoms with E-state index in [0.29, 0.717) is 0 Å².